The normalized spacial score (nSPS) is 19.1. The molecule has 5 rings (SSSR count). The fourth-order valence-electron chi connectivity index (χ4n) is 4.78. The number of rotatable bonds is 8. The largest absolute Gasteiger partial charge is 0.490 e. The first kappa shape index (κ1) is 26.0. The molecule has 1 saturated carbocycles. The average molecular weight is 527 g/mol. The van der Waals surface area contributed by atoms with Gasteiger partial charge in [-0.15, -0.1) is 11.3 Å². The van der Waals surface area contributed by atoms with E-state index in [0.717, 1.165) is 53.3 Å². The number of pyridine rings is 1. The molecule has 0 radical (unpaired) electrons. The van der Waals surface area contributed by atoms with Crippen LogP contribution in [0.1, 0.15) is 68.7 Å². The minimum absolute atomic E-state index is 0.187. The van der Waals surface area contributed by atoms with E-state index in [1.807, 2.05) is 40.0 Å². The Morgan fingerprint density at radius 2 is 1.95 bits per heavy atom. The van der Waals surface area contributed by atoms with Crippen molar-refractivity contribution in [3.63, 3.8) is 0 Å². The van der Waals surface area contributed by atoms with E-state index in [-0.39, 0.29) is 17.5 Å². The molecule has 1 amide bonds. The molecule has 0 aromatic carbocycles. The summed E-state index contributed by atoms with van der Waals surface area (Å²) < 4.78 is 8.03. The van der Waals surface area contributed by atoms with Crippen molar-refractivity contribution >= 4 is 28.1 Å². The number of likely N-dealkylation sites (N-methyl/N-ethyl adjacent to an activating group) is 1. The molecular formula is C28H38N4O4S. The molecule has 1 atom stereocenters. The number of aryl methyl sites for hydroxylation is 1. The van der Waals surface area contributed by atoms with Crippen molar-refractivity contribution in [2.75, 3.05) is 20.2 Å². The molecule has 37 heavy (non-hydrogen) atoms. The number of carbonyl (C=O) groups excluding carboxylic acids is 1. The molecule has 4 heterocycles. The highest BCUT2D eigenvalue weighted by Gasteiger charge is 2.39. The number of ether oxygens (including phenoxy) is 1. The number of aliphatic hydroxyl groups is 1. The molecule has 1 unspecified atom stereocenters. The molecule has 3 N–H and O–H groups in total. The van der Waals surface area contributed by atoms with Crippen LogP contribution in [-0.4, -0.2) is 63.3 Å². The summed E-state index contributed by atoms with van der Waals surface area (Å²) in [5.41, 5.74) is -0.0664. The van der Waals surface area contributed by atoms with Gasteiger partial charge in [0.15, 0.2) is 0 Å². The maximum Gasteiger partial charge on any atom is 0.274 e. The molecule has 1 saturated heterocycles. The minimum Gasteiger partial charge on any atom is -0.490 e. The molecule has 2 aliphatic rings. The van der Waals surface area contributed by atoms with Crippen molar-refractivity contribution in [2.24, 2.45) is 7.05 Å². The van der Waals surface area contributed by atoms with Gasteiger partial charge in [-0.05, 0) is 65.3 Å². The van der Waals surface area contributed by atoms with Crippen molar-refractivity contribution in [1.29, 1.82) is 0 Å². The third-order valence-electron chi connectivity index (χ3n) is 8.31. The molecule has 8 nitrogen and oxygen atoms in total. The van der Waals surface area contributed by atoms with Gasteiger partial charge in [0.25, 0.3) is 11.5 Å². The van der Waals surface area contributed by atoms with Gasteiger partial charge in [-0.1, -0.05) is 13.8 Å². The summed E-state index contributed by atoms with van der Waals surface area (Å²) in [5.74, 6) is 0.547. The van der Waals surface area contributed by atoms with Crippen LogP contribution in [0.15, 0.2) is 23.1 Å². The SMILES string of the molecule is CN1CCCC1COc1cc(C(C)(C)C(C)(C)O)sc1-c1cn(C)c(=O)c2[nH]c(C(=O)NC3CC3)cc12. The van der Waals surface area contributed by atoms with E-state index >= 15 is 0 Å². The van der Waals surface area contributed by atoms with Gasteiger partial charge < -0.3 is 29.6 Å². The van der Waals surface area contributed by atoms with Gasteiger partial charge in [0, 0.05) is 46.6 Å². The van der Waals surface area contributed by atoms with Crippen LogP contribution in [0.2, 0.25) is 0 Å². The topological polar surface area (TPSA) is 99.6 Å². The summed E-state index contributed by atoms with van der Waals surface area (Å²) in [6.45, 7) is 9.34. The van der Waals surface area contributed by atoms with Crippen LogP contribution >= 0.6 is 11.3 Å². The maximum absolute atomic E-state index is 13.0. The third kappa shape index (κ3) is 4.84. The highest BCUT2D eigenvalue weighted by atomic mass is 32.1. The number of H-pyrrole nitrogens is 1. The quantitative estimate of drug-likeness (QED) is 0.412. The van der Waals surface area contributed by atoms with Gasteiger partial charge in [0.1, 0.15) is 23.6 Å². The number of amides is 1. The van der Waals surface area contributed by atoms with Crippen LogP contribution in [0.5, 0.6) is 5.75 Å². The summed E-state index contributed by atoms with van der Waals surface area (Å²) in [4.78, 5) is 33.1. The number of thiophene rings is 1. The van der Waals surface area contributed by atoms with Gasteiger partial charge >= 0.3 is 0 Å². The molecule has 9 heteroatoms. The Balaban J connectivity index is 1.62. The molecular weight excluding hydrogens is 488 g/mol. The summed E-state index contributed by atoms with van der Waals surface area (Å²) in [5, 5.41) is 14.7. The first-order valence-corrected chi connectivity index (χ1v) is 13.9. The second-order valence-corrected chi connectivity index (χ2v) is 12.8. The first-order valence-electron chi connectivity index (χ1n) is 13.1. The molecule has 0 bridgehead atoms. The number of aromatic nitrogens is 2. The lowest BCUT2D eigenvalue weighted by Gasteiger charge is -2.36. The van der Waals surface area contributed by atoms with Crippen molar-refractivity contribution < 1.29 is 14.6 Å². The van der Waals surface area contributed by atoms with Crippen molar-refractivity contribution in [1.82, 2.24) is 19.8 Å². The second-order valence-electron chi connectivity index (χ2n) is 11.8. The fraction of sp³-hybridized carbons (Fsp3) is 0.571. The van der Waals surface area contributed by atoms with Crippen LogP contribution in [-0.2, 0) is 12.5 Å². The Bertz CT molecular complexity index is 1390. The molecule has 3 aromatic rings. The number of hydrogen-bond acceptors (Lipinski definition) is 6. The molecule has 200 valence electrons. The van der Waals surface area contributed by atoms with E-state index in [2.05, 4.69) is 22.2 Å². The predicted octanol–water partition coefficient (Wildman–Crippen LogP) is 4.01. The van der Waals surface area contributed by atoms with Crippen molar-refractivity contribution in [3.05, 3.63) is 39.3 Å². The number of fused-ring (bicyclic) bond motifs is 1. The zero-order chi connectivity index (χ0) is 26.7. The number of nitrogens with one attached hydrogen (secondary N) is 2. The summed E-state index contributed by atoms with van der Waals surface area (Å²) >= 11 is 1.57. The third-order valence-corrected chi connectivity index (χ3v) is 9.79. The standard InChI is InChI=1S/C28H38N4O4S/c1-27(2,28(3,4)35)22-13-21(36-15-17-8-7-11-31(17)5)24(37-22)19-14-32(6)26(34)23-18(19)12-20(30-23)25(33)29-16-9-10-16/h12-14,16-17,30,35H,7-11,15H2,1-6H3,(H,29,33). The van der Waals surface area contributed by atoms with Gasteiger partial charge in [0.2, 0.25) is 0 Å². The number of hydrogen-bond donors (Lipinski definition) is 3. The highest BCUT2D eigenvalue weighted by Crippen LogP contribution is 2.48. The predicted molar refractivity (Wildman–Crippen MR) is 148 cm³/mol. The number of aromatic amines is 1. The van der Waals surface area contributed by atoms with E-state index in [1.54, 1.807) is 29.0 Å². The van der Waals surface area contributed by atoms with Crippen molar-refractivity contribution in [3.8, 4) is 16.2 Å². The van der Waals surface area contributed by atoms with E-state index < -0.39 is 11.0 Å². The molecule has 1 aliphatic heterocycles. The Morgan fingerprint density at radius 1 is 1.22 bits per heavy atom. The summed E-state index contributed by atoms with van der Waals surface area (Å²) in [7, 11) is 3.85. The fourth-order valence-corrected chi connectivity index (χ4v) is 6.16. The smallest absolute Gasteiger partial charge is 0.274 e. The monoisotopic (exact) mass is 526 g/mol. The van der Waals surface area contributed by atoms with Crippen LogP contribution in [0.4, 0.5) is 0 Å². The lowest BCUT2D eigenvalue weighted by atomic mass is 9.76. The number of carbonyl (C=O) groups is 1. The van der Waals surface area contributed by atoms with Gasteiger partial charge in [-0.25, -0.2) is 0 Å². The molecule has 0 spiro atoms. The summed E-state index contributed by atoms with van der Waals surface area (Å²) in [6, 6.07) is 4.39. The van der Waals surface area contributed by atoms with Crippen molar-refractivity contribution in [2.45, 2.75) is 76.5 Å². The van der Waals surface area contributed by atoms with E-state index in [1.165, 1.54) is 0 Å². The van der Waals surface area contributed by atoms with Crippen LogP contribution in [0, 0.1) is 0 Å². The van der Waals surface area contributed by atoms with Gasteiger partial charge in [0.05, 0.1) is 10.5 Å². The Morgan fingerprint density at radius 3 is 2.57 bits per heavy atom. The Hall–Kier alpha value is -2.62. The Labute approximate surface area is 221 Å². The van der Waals surface area contributed by atoms with E-state index in [9.17, 15) is 14.7 Å². The van der Waals surface area contributed by atoms with E-state index in [0.29, 0.717) is 29.2 Å². The lowest BCUT2D eigenvalue weighted by molar-refractivity contribution is 0.0112. The molecule has 2 fully saturated rings. The second kappa shape index (κ2) is 9.29. The zero-order valence-electron chi connectivity index (χ0n) is 22.6. The van der Waals surface area contributed by atoms with Crippen LogP contribution < -0.4 is 15.6 Å². The minimum atomic E-state index is -0.959. The summed E-state index contributed by atoms with van der Waals surface area (Å²) in [6.07, 6.45) is 6.06. The highest BCUT2D eigenvalue weighted by molar-refractivity contribution is 7.16. The van der Waals surface area contributed by atoms with Crippen LogP contribution in [0.3, 0.4) is 0 Å². The number of likely N-dealkylation sites (tertiary alicyclic amines) is 1. The van der Waals surface area contributed by atoms with Crippen LogP contribution in [0.25, 0.3) is 21.3 Å². The molecule has 1 aliphatic carbocycles. The maximum atomic E-state index is 13.0. The molecule has 3 aromatic heterocycles. The number of nitrogens with zero attached hydrogens (tertiary/aromatic N) is 2. The van der Waals surface area contributed by atoms with Gasteiger partial charge in [-0.2, -0.15) is 0 Å². The van der Waals surface area contributed by atoms with Gasteiger partial charge in [-0.3, -0.25) is 9.59 Å². The lowest BCUT2D eigenvalue weighted by Crippen LogP contribution is -2.41. The first-order chi connectivity index (χ1) is 17.4. The van der Waals surface area contributed by atoms with E-state index in [4.69, 9.17) is 4.74 Å². The Kier molecular flexibility index (Phi) is 6.53. The average Bonchev–Trinajstić information content (AvgIpc) is 3.21. The zero-order valence-corrected chi connectivity index (χ0v) is 23.4.